The summed E-state index contributed by atoms with van der Waals surface area (Å²) in [6, 6.07) is 29.4. The molecule has 0 aliphatic carbocycles. The third-order valence-corrected chi connectivity index (χ3v) is 8.91. The Morgan fingerprint density at radius 1 is 0.822 bits per heavy atom. The standard InChI is InChI=1S/C34H35Cl2N3O5S/c1-3-37-34(41)32(21-25-11-6-4-7-12-25)38(22-29-30(35)15-10-16-31(29)36)33(40)23-39(45(2,42)43)27-17-19-28(20-18-27)44-24-26-13-8-5-9-14-26/h4-20,32H,3,21-24H2,1-2H3,(H,37,41)/t32-/m1/s1. The smallest absolute Gasteiger partial charge is 0.244 e. The Balaban J connectivity index is 1.66. The minimum atomic E-state index is -3.93. The van der Waals surface area contributed by atoms with Gasteiger partial charge in [-0.1, -0.05) is 89.9 Å². The number of carbonyl (C=O) groups excluding carboxylic acids is 2. The summed E-state index contributed by atoms with van der Waals surface area (Å²) >= 11 is 13.0. The van der Waals surface area contributed by atoms with Crippen LogP contribution in [0.3, 0.4) is 0 Å². The first-order chi connectivity index (χ1) is 21.6. The third kappa shape index (κ3) is 9.47. The molecule has 2 amide bonds. The number of carbonyl (C=O) groups is 2. The van der Waals surface area contributed by atoms with Crippen LogP contribution in [0.15, 0.2) is 103 Å². The molecule has 1 N–H and O–H groups in total. The van der Waals surface area contributed by atoms with Crippen LogP contribution in [0.1, 0.15) is 23.6 Å². The van der Waals surface area contributed by atoms with Crippen LogP contribution in [-0.4, -0.2) is 50.5 Å². The summed E-state index contributed by atoms with van der Waals surface area (Å²) in [6.07, 6.45) is 1.22. The molecule has 0 aromatic heterocycles. The lowest BCUT2D eigenvalue weighted by Gasteiger charge is -2.33. The molecule has 0 saturated carbocycles. The Hall–Kier alpha value is -4.05. The lowest BCUT2D eigenvalue weighted by Crippen LogP contribution is -2.53. The molecule has 11 heteroatoms. The zero-order valence-electron chi connectivity index (χ0n) is 25.0. The number of nitrogens with one attached hydrogen (secondary N) is 1. The van der Waals surface area contributed by atoms with Crippen LogP contribution < -0.4 is 14.4 Å². The average Bonchev–Trinajstić information content (AvgIpc) is 3.02. The van der Waals surface area contributed by atoms with Gasteiger partial charge in [0.05, 0.1) is 11.9 Å². The maximum Gasteiger partial charge on any atom is 0.244 e. The molecule has 236 valence electrons. The van der Waals surface area contributed by atoms with E-state index in [2.05, 4.69) is 5.32 Å². The van der Waals surface area contributed by atoms with Crippen molar-refractivity contribution in [2.24, 2.45) is 0 Å². The number of hydrogen-bond acceptors (Lipinski definition) is 5. The average molecular weight is 669 g/mol. The highest BCUT2D eigenvalue weighted by atomic mass is 35.5. The van der Waals surface area contributed by atoms with Gasteiger partial charge in [0.15, 0.2) is 0 Å². The fourth-order valence-corrected chi connectivity index (χ4v) is 6.13. The summed E-state index contributed by atoms with van der Waals surface area (Å²) in [5, 5.41) is 3.46. The van der Waals surface area contributed by atoms with Gasteiger partial charge in [0, 0.05) is 35.1 Å². The highest BCUT2D eigenvalue weighted by Crippen LogP contribution is 2.28. The van der Waals surface area contributed by atoms with Gasteiger partial charge in [0.2, 0.25) is 21.8 Å². The van der Waals surface area contributed by atoms with Gasteiger partial charge >= 0.3 is 0 Å². The number of nitrogens with zero attached hydrogens (tertiary/aromatic N) is 2. The molecule has 0 fully saturated rings. The van der Waals surface area contributed by atoms with E-state index in [0.717, 1.165) is 21.7 Å². The molecule has 0 aliphatic heterocycles. The molecular weight excluding hydrogens is 633 g/mol. The van der Waals surface area contributed by atoms with Crippen LogP contribution in [0.25, 0.3) is 0 Å². The molecule has 4 aromatic carbocycles. The van der Waals surface area contributed by atoms with Gasteiger partial charge in [0.25, 0.3) is 0 Å². The third-order valence-electron chi connectivity index (χ3n) is 7.06. The van der Waals surface area contributed by atoms with Crippen molar-refractivity contribution in [2.45, 2.75) is 32.5 Å². The number of rotatable bonds is 14. The highest BCUT2D eigenvalue weighted by Gasteiger charge is 2.33. The first kappa shape index (κ1) is 33.8. The van der Waals surface area contributed by atoms with Gasteiger partial charge in [-0.25, -0.2) is 8.42 Å². The van der Waals surface area contributed by atoms with Crippen molar-refractivity contribution in [3.05, 3.63) is 130 Å². The molecule has 0 radical (unpaired) electrons. The maximum absolute atomic E-state index is 14.2. The van der Waals surface area contributed by atoms with Crippen molar-refractivity contribution >= 4 is 50.7 Å². The van der Waals surface area contributed by atoms with Gasteiger partial charge < -0.3 is 15.0 Å². The van der Waals surface area contributed by atoms with Crippen molar-refractivity contribution in [3.63, 3.8) is 0 Å². The molecule has 45 heavy (non-hydrogen) atoms. The topological polar surface area (TPSA) is 96.0 Å². The molecule has 1 atom stereocenters. The number of ether oxygens (including phenoxy) is 1. The quantitative estimate of drug-likeness (QED) is 0.175. The van der Waals surface area contributed by atoms with E-state index in [-0.39, 0.29) is 24.6 Å². The summed E-state index contributed by atoms with van der Waals surface area (Å²) in [7, 11) is -3.93. The van der Waals surface area contributed by atoms with E-state index < -0.39 is 28.5 Å². The zero-order chi connectivity index (χ0) is 32.4. The summed E-state index contributed by atoms with van der Waals surface area (Å²) in [5.74, 6) is -0.451. The van der Waals surface area contributed by atoms with Gasteiger partial charge in [-0.3, -0.25) is 13.9 Å². The number of sulfonamides is 1. The maximum atomic E-state index is 14.2. The lowest BCUT2D eigenvalue weighted by atomic mass is 10.0. The van der Waals surface area contributed by atoms with Crippen molar-refractivity contribution < 1.29 is 22.7 Å². The van der Waals surface area contributed by atoms with Crippen LogP contribution >= 0.6 is 23.2 Å². The SMILES string of the molecule is CCNC(=O)[C@@H](Cc1ccccc1)N(Cc1c(Cl)cccc1Cl)C(=O)CN(c1ccc(OCc2ccccc2)cc1)S(C)(=O)=O. The van der Waals surface area contributed by atoms with Gasteiger partial charge in [0.1, 0.15) is 24.9 Å². The van der Waals surface area contributed by atoms with Crippen LogP contribution in [0, 0.1) is 0 Å². The Morgan fingerprint density at radius 3 is 1.96 bits per heavy atom. The number of hydrogen-bond donors (Lipinski definition) is 1. The van der Waals surface area contributed by atoms with E-state index in [4.69, 9.17) is 27.9 Å². The molecule has 0 aliphatic rings. The summed E-state index contributed by atoms with van der Waals surface area (Å²) in [6.45, 7) is 1.79. The Morgan fingerprint density at radius 2 is 1.40 bits per heavy atom. The van der Waals surface area contributed by atoms with Crippen molar-refractivity contribution in [2.75, 3.05) is 23.7 Å². The molecular formula is C34H35Cl2N3O5S. The van der Waals surface area contributed by atoms with Gasteiger partial charge in [-0.05, 0) is 54.4 Å². The predicted molar refractivity (Wildman–Crippen MR) is 179 cm³/mol. The minimum Gasteiger partial charge on any atom is -0.489 e. The van der Waals surface area contributed by atoms with E-state index in [1.807, 2.05) is 60.7 Å². The summed E-state index contributed by atoms with van der Waals surface area (Å²) in [4.78, 5) is 29.0. The first-order valence-electron chi connectivity index (χ1n) is 14.3. The summed E-state index contributed by atoms with van der Waals surface area (Å²) < 4.78 is 33.0. The van der Waals surface area contributed by atoms with Crippen LogP contribution in [0.2, 0.25) is 10.0 Å². The van der Waals surface area contributed by atoms with E-state index in [0.29, 0.717) is 34.5 Å². The minimum absolute atomic E-state index is 0.115. The number of likely N-dealkylation sites (N-methyl/N-ethyl adjacent to an activating group) is 1. The Kier molecular flexibility index (Phi) is 11.9. The number of halogens is 2. The lowest BCUT2D eigenvalue weighted by molar-refractivity contribution is -0.140. The molecule has 0 bridgehead atoms. The Labute approximate surface area is 274 Å². The van der Waals surface area contributed by atoms with Crippen LogP contribution in [0.5, 0.6) is 5.75 Å². The number of benzene rings is 4. The highest BCUT2D eigenvalue weighted by molar-refractivity contribution is 7.92. The van der Waals surface area contributed by atoms with Gasteiger partial charge in [-0.2, -0.15) is 0 Å². The monoisotopic (exact) mass is 667 g/mol. The van der Waals surface area contributed by atoms with Crippen LogP contribution in [-0.2, 0) is 39.2 Å². The second-order valence-corrected chi connectivity index (χ2v) is 13.1. The largest absolute Gasteiger partial charge is 0.489 e. The van der Waals surface area contributed by atoms with Crippen LogP contribution in [0.4, 0.5) is 5.69 Å². The van der Waals surface area contributed by atoms with E-state index in [9.17, 15) is 18.0 Å². The van der Waals surface area contributed by atoms with E-state index >= 15 is 0 Å². The second kappa shape index (κ2) is 15.8. The Bertz CT molecular complexity index is 1670. The molecule has 8 nitrogen and oxygen atoms in total. The first-order valence-corrected chi connectivity index (χ1v) is 17.0. The zero-order valence-corrected chi connectivity index (χ0v) is 27.4. The molecule has 0 unspecified atom stereocenters. The molecule has 0 spiro atoms. The number of amides is 2. The number of anilines is 1. The molecule has 4 aromatic rings. The van der Waals surface area contributed by atoms with Crippen molar-refractivity contribution in [1.82, 2.24) is 10.2 Å². The molecule has 4 rings (SSSR count). The van der Waals surface area contributed by atoms with E-state index in [1.165, 1.54) is 4.90 Å². The fraction of sp³-hybridized carbons (Fsp3) is 0.235. The van der Waals surface area contributed by atoms with Crippen molar-refractivity contribution in [3.8, 4) is 5.75 Å². The van der Waals surface area contributed by atoms with E-state index in [1.54, 1.807) is 49.4 Å². The summed E-state index contributed by atoms with van der Waals surface area (Å²) in [5.41, 5.74) is 2.53. The molecule has 0 saturated heterocycles. The normalized spacial score (nSPS) is 11.8. The van der Waals surface area contributed by atoms with Crippen molar-refractivity contribution in [1.29, 1.82) is 0 Å². The second-order valence-electron chi connectivity index (χ2n) is 10.4. The molecule has 0 heterocycles. The van der Waals surface area contributed by atoms with Gasteiger partial charge in [-0.15, -0.1) is 0 Å². The predicted octanol–water partition coefficient (Wildman–Crippen LogP) is 6.11. The fourth-order valence-electron chi connectivity index (χ4n) is 4.76.